The molecule has 0 saturated carbocycles. The molecule has 0 aliphatic carbocycles. The average Bonchev–Trinajstić information content (AvgIpc) is 2.56. The molecule has 0 aromatic heterocycles. The lowest BCUT2D eigenvalue weighted by Gasteiger charge is -2.31. The smallest absolute Gasteiger partial charge is 0.337 e. The van der Waals surface area contributed by atoms with E-state index in [0.717, 1.165) is 63.6 Å². The lowest BCUT2D eigenvalue weighted by atomic mass is 10.1. The molecule has 3 N–H and O–H groups in total. The van der Waals surface area contributed by atoms with E-state index in [0.29, 0.717) is 5.56 Å². The summed E-state index contributed by atoms with van der Waals surface area (Å²) in [5.41, 5.74) is 2.14. The molecule has 6 heteroatoms. The van der Waals surface area contributed by atoms with Crippen LogP contribution in [0.15, 0.2) is 18.2 Å². The van der Waals surface area contributed by atoms with E-state index in [4.69, 9.17) is 4.74 Å². The molecule has 2 aliphatic rings. The number of piperazine rings is 1. The highest BCUT2D eigenvalue weighted by molar-refractivity contribution is 5.95. The second-order valence-corrected chi connectivity index (χ2v) is 5.80. The fourth-order valence-corrected chi connectivity index (χ4v) is 3.02. The lowest BCUT2D eigenvalue weighted by molar-refractivity contribution is 0.0697. The molecule has 0 spiro atoms. The predicted molar refractivity (Wildman–Crippen MR) is 85.9 cm³/mol. The molecule has 2 fully saturated rings. The van der Waals surface area contributed by atoms with Gasteiger partial charge in [-0.1, -0.05) is 0 Å². The first-order valence-corrected chi connectivity index (χ1v) is 7.91. The monoisotopic (exact) mass is 305 g/mol. The van der Waals surface area contributed by atoms with Gasteiger partial charge < -0.3 is 25.4 Å². The summed E-state index contributed by atoms with van der Waals surface area (Å²) in [6.45, 7) is 5.29. The molecule has 0 amide bonds. The number of nitrogens with one attached hydrogen (secondary N) is 2. The number of anilines is 2. The van der Waals surface area contributed by atoms with Crippen molar-refractivity contribution in [3.8, 4) is 0 Å². The zero-order valence-electron chi connectivity index (χ0n) is 12.7. The predicted octanol–water partition coefficient (Wildman–Crippen LogP) is 1.39. The Kier molecular flexibility index (Phi) is 4.80. The molecular weight excluding hydrogens is 282 g/mol. The summed E-state index contributed by atoms with van der Waals surface area (Å²) in [6.07, 6.45) is 1.83. The van der Waals surface area contributed by atoms with E-state index in [9.17, 15) is 9.90 Å². The largest absolute Gasteiger partial charge is 0.478 e. The summed E-state index contributed by atoms with van der Waals surface area (Å²) < 4.78 is 5.36. The third-order valence-corrected chi connectivity index (χ3v) is 4.30. The Labute approximate surface area is 130 Å². The van der Waals surface area contributed by atoms with Gasteiger partial charge in [-0.25, -0.2) is 4.79 Å². The number of carboxylic acids is 1. The van der Waals surface area contributed by atoms with E-state index < -0.39 is 5.97 Å². The Morgan fingerprint density at radius 2 is 2.00 bits per heavy atom. The second-order valence-electron chi connectivity index (χ2n) is 5.80. The number of carbonyl (C=O) groups is 1. The Morgan fingerprint density at radius 3 is 2.68 bits per heavy atom. The van der Waals surface area contributed by atoms with Crippen molar-refractivity contribution in [2.24, 2.45) is 0 Å². The molecule has 2 heterocycles. The number of hydrogen-bond acceptors (Lipinski definition) is 5. The van der Waals surface area contributed by atoms with Crippen LogP contribution in [0.3, 0.4) is 0 Å². The number of nitrogens with zero attached hydrogens (tertiary/aromatic N) is 1. The fourth-order valence-electron chi connectivity index (χ4n) is 3.02. The van der Waals surface area contributed by atoms with Gasteiger partial charge in [0.15, 0.2) is 0 Å². The minimum atomic E-state index is -0.888. The number of hydrogen-bond donors (Lipinski definition) is 3. The van der Waals surface area contributed by atoms with Crippen molar-refractivity contribution < 1.29 is 14.6 Å². The summed E-state index contributed by atoms with van der Waals surface area (Å²) in [5.74, 6) is -0.888. The van der Waals surface area contributed by atoms with Gasteiger partial charge in [-0.15, -0.1) is 0 Å². The van der Waals surface area contributed by atoms with Crippen LogP contribution >= 0.6 is 0 Å². The van der Waals surface area contributed by atoms with Crippen LogP contribution in [0.1, 0.15) is 23.2 Å². The van der Waals surface area contributed by atoms with E-state index >= 15 is 0 Å². The maximum Gasteiger partial charge on any atom is 0.337 e. The van der Waals surface area contributed by atoms with E-state index in [-0.39, 0.29) is 6.04 Å². The van der Waals surface area contributed by atoms with Crippen LogP contribution in [0.5, 0.6) is 0 Å². The van der Waals surface area contributed by atoms with Crippen molar-refractivity contribution >= 4 is 17.3 Å². The van der Waals surface area contributed by atoms with Gasteiger partial charge in [0.05, 0.1) is 11.3 Å². The minimum absolute atomic E-state index is 0.283. The van der Waals surface area contributed by atoms with Gasteiger partial charge in [-0.3, -0.25) is 0 Å². The normalized spacial score (nSPS) is 19.9. The van der Waals surface area contributed by atoms with Crippen LogP contribution in [0.25, 0.3) is 0 Å². The van der Waals surface area contributed by atoms with Gasteiger partial charge in [-0.2, -0.15) is 0 Å². The molecule has 0 radical (unpaired) electrons. The van der Waals surface area contributed by atoms with Gasteiger partial charge in [0.1, 0.15) is 0 Å². The van der Waals surface area contributed by atoms with Gasteiger partial charge in [0, 0.05) is 51.1 Å². The maximum atomic E-state index is 11.5. The van der Waals surface area contributed by atoms with Crippen LogP contribution in [0.2, 0.25) is 0 Å². The molecule has 0 unspecified atom stereocenters. The van der Waals surface area contributed by atoms with Crippen LogP contribution in [0.4, 0.5) is 11.4 Å². The highest BCUT2D eigenvalue weighted by Crippen LogP contribution is 2.26. The summed E-state index contributed by atoms with van der Waals surface area (Å²) in [5, 5.41) is 16.1. The SMILES string of the molecule is O=C(O)c1ccc(N2CCNCC2)cc1NC1CCOCC1. The van der Waals surface area contributed by atoms with Crippen molar-refractivity contribution in [1.29, 1.82) is 0 Å². The topological polar surface area (TPSA) is 73.8 Å². The zero-order valence-corrected chi connectivity index (χ0v) is 12.7. The number of benzene rings is 1. The first-order valence-electron chi connectivity index (χ1n) is 7.91. The quantitative estimate of drug-likeness (QED) is 0.780. The maximum absolute atomic E-state index is 11.5. The van der Waals surface area contributed by atoms with Gasteiger partial charge in [0.25, 0.3) is 0 Å². The summed E-state index contributed by atoms with van der Waals surface area (Å²) >= 11 is 0. The van der Waals surface area contributed by atoms with Crippen molar-refractivity contribution in [2.75, 3.05) is 49.6 Å². The molecular formula is C16H23N3O3. The molecule has 3 rings (SSSR count). The highest BCUT2D eigenvalue weighted by Gasteiger charge is 2.19. The number of ether oxygens (including phenoxy) is 1. The fraction of sp³-hybridized carbons (Fsp3) is 0.562. The molecule has 2 aliphatic heterocycles. The Morgan fingerprint density at radius 1 is 1.27 bits per heavy atom. The number of carboxylic acid groups (broad SMARTS) is 1. The Hall–Kier alpha value is -1.79. The molecule has 2 saturated heterocycles. The van der Waals surface area contributed by atoms with E-state index in [1.165, 1.54) is 0 Å². The van der Waals surface area contributed by atoms with Crippen molar-refractivity contribution in [3.63, 3.8) is 0 Å². The van der Waals surface area contributed by atoms with E-state index in [2.05, 4.69) is 15.5 Å². The van der Waals surface area contributed by atoms with Crippen molar-refractivity contribution in [2.45, 2.75) is 18.9 Å². The minimum Gasteiger partial charge on any atom is -0.478 e. The molecule has 6 nitrogen and oxygen atoms in total. The standard InChI is InChI=1S/C16H23N3O3/c20-16(21)14-2-1-13(19-7-5-17-6-8-19)11-15(14)18-12-3-9-22-10-4-12/h1-2,11-12,17-18H,3-10H2,(H,20,21). The first kappa shape index (κ1) is 15.1. The zero-order chi connectivity index (χ0) is 15.4. The van der Waals surface area contributed by atoms with Gasteiger partial charge in [-0.05, 0) is 31.0 Å². The van der Waals surface area contributed by atoms with Crippen LogP contribution in [-0.2, 0) is 4.74 Å². The van der Waals surface area contributed by atoms with Gasteiger partial charge >= 0.3 is 5.97 Å². The van der Waals surface area contributed by atoms with Crippen molar-refractivity contribution in [1.82, 2.24) is 5.32 Å². The Bertz CT molecular complexity index is 523. The highest BCUT2D eigenvalue weighted by atomic mass is 16.5. The van der Waals surface area contributed by atoms with Crippen LogP contribution < -0.4 is 15.5 Å². The number of rotatable bonds is 4. The first-order chi connectivity index (χ1) is 10.7. The molecule has 0 bridgehead atoms. The van der Waals surface area contributed by atoms with Gasteiger partial charge in [0.2, 0.25) is 0 Å². The lowest BCUT2D eigenvalue weighted by Crippen LogP contribution is -2.43. The molecule has 1 aromatic carbocycles. The van der Waals surface area contributed by atoms with Crippen molar-refractivity contribution in [3.05, 3.63) is 23.8 Å². The summed E-state index contributed by atoms with van der Waals surface area (Å²) in [7, 11) is 0. The molecule has 0 atom stereocenters. The molecule has 22 heavy (non-hydrogen) atoms. The third-order valence-electron chi connectivity index (χ3n) is 4.30. The Balaban J connectivity index is 1.81. The summed E-state index contributed by atoms with van der Waals surface area (Å²) in [6, 6.07) is 5.88. The summed E-state index contributed by atoms with van der Waals surface area (Å²) in [4.78, 5) is 13.8. The van der Waals surface area contributed by atoms with E-state index in [1.54, 1.807) is 6.07 Å². The average molecular weight is 305 g/mol. The molecule has 1 aromatic rings. The second kappa shape index (κ2) is 6.98. The molecule has 120 valence electrons. The van der Waals surface area contributed by atoms with Crippen LogP contribution in [-0.4, -0.2) is 56.5 Å². The van der Waals surface area contributed by atoms with Crippen LogP contribution in [0, 0.1) is 0 Å². The third kappa shape index (κ3) is 3.51. The number of aromatic carboxylic acids is 1. The van der Waals surface area contributed by atoms with E-state index in [1.807, 2.05) is 12.1 Å².